The number of nitrogens with zero attached hydrogens (tertiary/aromatic N) is 2. The van der Waals surface area contributed by atoms with Crippen LogP contribution >= 0.6 is 0 Å². The van der Waals surface area contributed by atoms with E-state index >= 15 is 0 Å². The summed E-state index contributed by atoms with van der Waals surface area (Å²) in [6.07, 6.45) is 9.75. The van der Waals surface area contributed by atoms with E-state index in [2.05, 4.69) is 51.5 Å². The van der Waals surface area contributed by atoms with Crippen LogP contribution in [0.5, 0.6) is 11.5 Å². The molecule has 3 aliphatic rings. The van der Waals surface area contributed by atoms with E-state index < -0.39 is 5.79 Å². The number of hydrogen-bond donors (Lipinski definition) is 1. The average molecular weight is 448 g/mol. The molecule has 174 valence electrons. The molecule has 0 bridgehead atoms. The molecule has 2 aromatic rings. The predicted octanol–water partition coefficient (Wildman–Crippen LogP) is 4.39. The second-order valence-electron chi connectivity index (χ2n) is 9.27. The minimum Gasteiger partial charge on any atom is -0.448 e. The van der Waals surface area contributed by atoms with Crippen LogP contribution in [0, 0.1) is 0 Å². The molecule has 33 heavy (non-hydrogen) atoms. The van der Waals surface area contributed by atoms with E-state index in [-0.39, 0.29) is 5.91 Å². The summed E-state index contributed by atoms with van der Waals surface area (Å²) in [4.78, 5) is 17.3. The van der Waals surface area contributed by atoms with Crippen molar-refractivity contribution < 1.29 is 14.3 Å². The van der Waals surface area contributed by atoms with Crippen LogP contribution in [0.4, 0.5) is 5.69 Å². The monoisotopic (exact) mass is 447 g/mol. The highest BCUT2D eigenvalue weighted by molar-refractivity contribution is 5.92. The Kier molecular flexibility index (Phi) is 6.65. The number of benzene rings is 2. The molecule has 1 amide bonds. The van der Waals surface area contributed by atoms with Gasteiger partial charge in [-0.25, -0.2) is 0 Å². The molecular weight excluding hydrogens is 414 g/mol. The number of piperazine rings is 1. The van der Waals surface area contributed by atoms with E-state index in [0.717, 1.165) is 75.6 Å². The Morgan fingerprint density at radius 3 is 2.42 bits per heavy atom. The standard InChI is InChI=1S/C27H33N3O3/c31-26(21-30-18-16-29(17-19-30)15-7-10-22-8-3-1-4-9-22)28-23-11-12-24-25(20-23)33-27(32-24)13-5-2-6-14-27/h1,3-4,7-12,20H,2,5-6,13-19,21H2,(H,28,31). The van der Waals surface area contributed by atoms with Crippen molar-refractivity contribution in [1.29, 1.82) is 0 Å². The maximum atomic E-state index is 12.6. The molecule has 0 unspecified atom stereocenters. The third-order valence-electron chi connectivity index (χ3n) is 6.74. The van der Waals surface area contributed by atoms with Gasteiger partial charge in [0.25, 0.3) is 5.79 Å². The Morgan fingerprint density at radius 1 is 0.909 bits per heavy atom. The molecule has 0 atom stereocenters. The third kappa shape index (κ3) is 5.57. The summed E-state index contributed by atoms with van der Waals surface area (Å²) in [6.45, 7) is 5.09. The van der Waals surface area contributed by atoms with Gasteiger partial charge in [-0.15, -0.1) is 0 Å². The van der Waals surface area contributed by atoms with Gasteiger partial charge in [0.2, 0.25) is 5.91 Å². The van der Waals surface area contributed by atoms with Crippen molar-refractivity contribution in [1.82, 2.24) is 9.80 Å². The number of rotatable bonds is 6. The molecule has 5 rings (SSSR count). The summed E-state index contributed by atoms with van der Waals surface area (Å²) in [5.41, 5.74) is 1.99. The second kappa shape index (κ2) is 9.98. The molecule has 1 aliphatic carbocycles. The fourth-order valence-corrected chi connectivity index (χ4v) is 4.90. The largest absolute Gasteiger partial charge is 0.448 e. The molecule has 6 nitrogen and oxygen atoms in total. The van der Waals surface area contributed by atoms with Crippen molar-refractivity contribution in [2.75, 3.05) is 44.6 Å². The van der Waals surface area contributed by atoms with Crippen LogP contribution < -0.4 is 14.8 Å². The lowest BCUT2D eigenvalue weighted by atomic mass is 9.94. The lowest BCUT2D eigenvalue weighted by molar-refractivity contribution is -0.117. The quantitative estimate of drug-likeness (QED) is 0.712. The zero-order valence-corrected chi connectivity index (χ0v) is 19.2. The average Bonchev–Trinajstić information content (AvgIpc) is 3.17. The summed E-state index contributed by atoms with van der Waals surface area (Å²) in [7, 11) is 0. The van der Waals surface area contributed by atoms with E-state index in [1.807, 2.05) is 24.3 Å². The van der Waals surface area contributed by atoms with E-state index in [1.54, 1.807) is 0 Å². The molecule has 2 heterocycles. The Bertz CT molecular complexity index is 977. The van der Waals surface area contributed by atoms with E-state index in [4.69, 9.17) is 9.47 Å². The van der Waals surface area contributed by atoms with E-state index in [0.29, 0.717) is 6.54 Å². The van der Waals surface area contributed by atoms with Crippen LogP contribution in [-0.2, 0) is 4.79 Å². The van der Waals surface area contributed by atoms with Crippen molar-refractivity contribution in [3.05, 3.63) is 60.2 Å². The van der Waals surface area contributed by atoms with Crippen LogP contribution in [-0.4, -0.2) is 60.8 Å². The Balaban J connectivity index is 1.06. The number of ether oxygens (including phenoxy) is 2. The van der Waals surface area contributed by atoms with E-state index in [9.17, 15) is 4.79 Å². The highest BCUT2D eigenvalue weighted by Crippen LogP contribution is 2.46. The van der Waals surface area contributed by atoms with Crippen LogP contribution in [0.25, 0.3) is 6.08 Å². The van der Waals surface area contributed by atoms with E-state index in [1.165, 1.54) is 12.0 Å². The Labute approximate surface area is 196 Å². The van der Waals surface area contributed by atoms with Crippen molar-refractivity contribution in [3.63, 3.8) is 0 Å². The first-order valence-corrected chi connectivity index (χ1v) is 12.2. The molecule has 1 N–H and O–H groups in total. The van der Waals surface area contributed by atoms with Crippen molar-refractivity contribution in [2.45, 2.75) is 37.9 Å². The molecule has 2 fully saturated rings. The summed E-state index contributed by atoms with van der Waals surface area (Å²) in [6, 6.07) is 16.1. The van der Waals surface area contributed by atoms with Crippen LogP contribution in [0.2, 0.25) is 0 Å². The summed E-state index contributed by atoms with van der Waals surface area (Å²) in [5, 5.41) is 3.03. The highest BCUT2D eigenvalue weighted by Gasteiger charge is 2.42. The first-order chi connectivity index (χ1) is 16.2. The van der Waals surface area contributed by atoms with Crippen LogP contribution in [0.15, 0.2) is 54.6 Å². The number of nitrogens with one attached hydrogen (secondary N) is 1. The summed E-state index contributed by atoms with van der Waals surface area (Å²) < 4.78 is 12.3. The number of carbonyl (C=O) groups excluding carboxylic acids is 1. The molecule has 1 spiro atoms. The molecule has 2 aromatic carbocycles. The van der Waals surface area contributed by atoms with Gasteiger partial charge >= 0.3 is 0 Å². The van der Waals surface area contributed by atoms with Gasteiger partial charge in [0.05, 0.1) is 6.54 Å². The van der Waals surface area contributed by atoms with Gasteiger partial charge in [0.15, 0.2) is 11.5 Å². The minimum absolute atomic E-state index is 0.0127. The van der Waals surface area contributed by atoms with Gasteiger partial charge in [-0.3, -0.25) is 14.6 Å². The number of anilines is 1. The van der Waals surface area contributed by atoms with Crippen LogP contribution in [0.3, 0.4) is 0 Å². The van der Waals surface area contributed by atoms with Gasteiger partial charge < -0.3 is 14.8 Å². The van der Waals surface area contributed by atoms with Gasteiger partial charge in [0.1, 0.15) is 0 Å². The zero-order chi connectivity index (χ0) is 22.5. The summed E-state index contributed by atoms with van der Waals surface area (Å²) >= 11 is 0. The molecular formula is C27H33N3O3. The maximum Gasteiger partial charge on any atom is 0.251 e. The lowest BCUT2D eigenvalue weighted by Crippen LogP contribution is -2.48. The number of fused-ring (bicyclic) bond motifs is 1. The number of carbonyl (C=O) groups is 1. The Hall–Kier alpha value is -2.83. The molecule has 0 radical (unpaired) electrons. The van der Waals surface area contributed by atoms with Gasteiger partial charge in [-0.1, -0.05) is 48.9 Å². The molecule has 1 saturated carbocycles. The molecule has 2 aliphatic heterocycles. The maximum absolute atomic E-state index is 12.6. The fraction of sp³-hybridized carbons (Fsp3) is 0.444. The van der Waals surface area contributed by atoms with Crippen molar-refractivity contribution in [3.8, 4) is 11.5 Å². The first-order valence-electron chi connectivity index (χ1n) is 12.2. The first kappa shape index (κ1) is 22.0. The zero-order valence-electron chi connectivity index (χ0n) is 19.2. The minimum atomic E-state index is -0.487. The van der Waals surface area contributed by atoms with Gasteiger partial charge in [0, 0.05) is 57.3 Å². The fourth-order valence-electron chi connectivity index (χ4n) is 4.90. The van der Waals surface area contributed by atoms with Crippen molar-refractivity contribution >= 4 is 17.7 Å². The van der Waals surface area contributed by atoms with Gasteiger partial charge in [-0.05, 0) is 30.5 Å². The molecule has 1 saturated heterocycles. The predicted molar refractivity (Wildman–Crippen MR) is 130 cm³/mol. The summed E-state index contributed by atoms with van der Waals surface area (Å²) in [5.74, 6) is 1.05. The SMILES string of the molecule is O=C(CN1CCN(CC=Cc2ccccc2)CC1)Nc1ccc2c(c1)OC1(CCCCC1)O2. The topological polar surface area (TPSA) is 54.0 Å². The second-order valence-corrected chi connectivity index (χ2v) is 9.27. The molecule has 0 aromatic heterocycles. The van der Waals surface area contributed by atoms with Gasteiger partial charge in [-0.2, -0.15) is 0 Å². The third-order valence-corrected chi connectivity index (χ3v) is 6.74. The van der Waals surface area contributed by atoms with Crippen LogP contribution in [0.1, 0.15) is 37.7 Å². The Morgan fingerprint density at radius 2 is 1.64 bits per heavy atom. The normalized spacial score (nSPS) is 20.4. The smallest absolute Gasteiger partial charge is 0.251 e. The highest BCUT2D eigenvalue weighted by atomic mass is 16.7. The number of amides is 1. The lowest BCUT2D eigenvalue weighted by Gasteiger charge is -2.33. The van der Waals surface area contributed by atoms with Crippen molar-refractivity contribution in [2.24, 2.45) is 0 Å². The molecule has 6 heteroatoms. The number of hydrogen-bond acceptors (Lipinski definition) is 5.